The first-order valence-electron chi connectivity index (χ1n) is 4.34. The number of aliphatic hydroxyl groups excluding tert-OH is 1. The summed E-state index contributed by atoms with van der Waals surface area (Å²) < 4.78 is 31.2. The Balaban J connectivity index is 2.46. The predicted molar refractivity (Wildman–Crippen MR) is 45.7 cm³/mol. The van der Waals surface area contributed by atoms with Crippen LogP contribution in [-0.4, -0.2) is 17.8 Å². The van der Waals surface area contributed by atoms with Crippen molar-refractivity contribution in [1.29, 1.82) is 0 Å². The monoisotopic (exact) mass is 200 g/mol. The van der Waals surface area contributed by atoms with Gasteiger partial charge in [0, 0.05) is 5.56 Å². The molecule has 1 aromatic carbocycles. The number of epoxide rings is 1. The molecule has 2 atom stereocenters. The minimum Gasteiger partial charge on any atom is -0.390 e. The molecule has 0 aromatic heterocycles. The predicted octanol–water partition coefficient (Wildman–Crippen LogP) is 1.57. The van der Waals surface area contributed by atoms with Crippen LogP contribution in [-0.2, 0) is 10.3 Å². The molecule has 0 spiro atoms. The molecule has 2 rings (SSSR count). The van der Waals surface area contributed by atoms with Gasteiger partial charge in [0.2, 0.25) is 0 Å². The summed E-state index contributed by atoms with van der Waals surface area (Å²) in [5, 5.41) is 9.40. The first-order chi connectivity index (χ1) is 6.56. The maximum absolute atomic E-state index is 13.3. The first kappa shape index (κ1) is 9.55. The smallest absolute Gasteiger partial charge is 0.145 e. The Labute approximate surface area is 80.1 Å². The average molecular weight is 200 g/mol. The topological polar surface area (TPSA) is 32.8 Å². The van der Waals surface area contributed by atoms with Crippen LogP contribution in [0.25, 0.3) is 0 Å². The molecular weight excluding hydrogens is 190 g/mol. The van der Waals surface area contributed by atoms with Crippen LogP contribution in [0.5, 0.6) is 0 Å². The highest BCUT2D eigenvalue weighted by atomic mass is 19.1. The van der Waals surface area contributed by atoms with Crippen LogP contribution in [0.15, 0.2) is 18.2 Å². The Kier molecular flexibility index (Phi) is 2.05. The van der Waals surface area contributed by atoms with Gasteiger partial charge < -0.3 is 9.84 Å². The molecule has 1 fully saturated rings. The summed E-state index contributed by atoms with van der Waals surface area (Å²) in [5.74, 6) is -1.08. The number of benzene rings is 1. The highest BCUT2D eigenvalue weighted by molar-refractivity contribution is 5.30. The molecule has 1 aliphatic heterocycles. The molecule has 0 amide bonds. The van der Waals surface area contributed by atoms with Crippen molar-refractivity contribution in [1.82, 2.24) is 0 Å². The van der Waals surface area contributed by atoms with Gasteiger partial charge in [0.1, 0.15) is 17.2 Å². The lowest BCUT2D eigenvalue weighted by Gasteiger charge is -2.15. The second kappa shape index (κ2) is 3.00. The third-order valence-corrected chi connectivity index (χ3v) is 2.51. The second-order valence-electron chi connectivity index (χ2n) is 3.48. The van der Waals surface area contributed by atoms with Gasteiger partial charge in [0.15, 0.2) is 0 Å². The zero-order valence-corrected chi connectivity index (χ0v) is 7.63. The minimum absolute atomic E-state index is 0.0903. The van der Waals surface area contributed by atoms with Crippen LogP contribution >= 0.6 is 0 Å². The molecule has 14 heavy (non-hydrogen) atoms. The van der Waals surface area contributed by atoms with E-state index in [1.807, 2.05) is 0 Å². The fraction of sp³-hybridized carbons (Fsp3) is 0.400. The Morgan fingerprint density at radius 1 is 1.50 bits per heavy atom. The van der Waals surface area contributed by atoms with Gasteiger partial charge in [-0.25, -0.2) is 8.78 Å². The van der Waals surface area contributed by atoms with E-state index in [2.05, 4.69) is 0 Å². The Morgan fingerprint density at radius 2 is 2.14 bits per heavy atom. The lowest BCUT2D eigenvalue weighted by Crippen LogP contribution is -2.25. The largest absolute Gasteiger partial charge is 0.390 e. The fourth-order valence-corrected chi connectivity index (χ4v) is 1.52. The molecule has 0 aliphatic carbocycles. The highest BCUT2D eigenvalue weighted by Crippen LogP contribution is 2.43. The number of ether oxygens (including phenoxy) is 1. The molecule has 2 nitrogen and oxygen atoms in total. The molecule has 1 unspecified atom stereocenters. The molecule has 1 heterocycles. The molecule has 0 radical (unpaired) electrons. The summed E-state index contributed by atoms with van der Waals surface area (Å²) in [6, 6.07) is 3.14. The van der Waals surface area contributed by atoms with E-state index in [4.69, 9.17) is 4.74 Å². The fourth-order valence-electron chi connectivity index (χ4n) is 1.52. The summed E-state index contributed by atoms with van der Waals surface area (Å²) in [5.41, 5.74) is -0.945. The number of hydrogen-bond acceptors (Lipinski definition) is 2. The summed E-state index contributed by atoms with van der Waals surface area (Å²) in [4.78, 5) is 0. The van der Waals surface area contributed by atoms with E-state index < -0.39 is 23.3 Å². The van der Waals surface area contributed by atoms with Crippen molar-refractivity contribution in [2.45, 2.75) is 18.6 Å². The quantitative estimate of drug-likeness (QED) is 0.735. The Hall–Kier alpha value is -1.00. The van der Waals surface area contributed by atoms with Gasteiger partial charge in [-0.05, 0) is 25.1 Å². The number of halogens is 2. The Bertz CT molecular complexity index is 359. The summed E-state index contributed by atoms with van der Waals surface area (Å²) in [6.45, 7) is 1.72. The van der Waals surface area contributed by atoms with Crippen LogP contribution in [0.2, 0.25) is 0 Å². The van der Waals surface area contributed by atoms with Gasteiger partial charge in [0.05, 0.1) is 12.7 Å². The molecule has 1 aliphatic rings. The first-order valence-corrected chi connectivity index (χ1v) is 4.34. The second-order valence-corrected chi connectivity index (χ2v) is 3.48. The average Bonchev–Trinajstić information content (AvgIpc) is 2.90. The highest BCUT2D eigenvalue weighted by Gasteiger charge is 2.52. The van der Waals surface area contributed by atoms with E-state index in [9.17, 15) is 13.9 Å². The standard InChI is InChI=1S/C10H10F2O2/c1-6(13)10(5-14-10)8-4-7(11)2-3-9(8)12/h2-4,6,13H,5H2,1H3/t6?,10-/m1/s1. The number of aliphatic hydroxyl groups is 1. The van der Waals surface area contributed by atoms with Crippen LogP contribution in [0.3, 0.4) is 0 Å². The molecule has 1 saturated heterocycles. The van der Waals surface area contributed by atoms with Crippen molar-refractivity contribution >= 4 is 0 Å². The van der Waals surface area contributed by atoms with Gasteiger partial charge in [-0.2, -0.15) is 0 Å². The molecule has 4 heteroatoms. The SMILES string of the molecule is CC(O)[C@@]1(c2cc(F)ccc2F)CO1. The van der Waals surface area contributed by atoms with Gasteiger partial charge in [0.25, 0.3) is 0 Å². The van der Waals surface area contributed by atoms with Crippen molar-refractivity contribution in [3.63, 3.8) is 0 Å². The number of rotatable bonds is 2. The molecular formula is C10H10F2O2. The van der Waals surface area contributed by atoms with Crippen molar-refractivity contribution in [2.24, 2.45) is 0 Å². The van der Waals surface area contributed by atoms with E-state index in [0.29, 0.717) is 0 Å². The lowest BCUT2D eigenvalue weighted by atomic mass is 9.94. The van der Waals surface area contributed by atoms with Crippen LogP contribution in [0.4, 0.5) is 8.78 Å². The zero-order valence-electron chi connectivity index (χ0n) is 7.63. The maximum Gasteiger partial charge on any atom is 0.145 e. The normalized spacial score (nSPS) is 27.4. The number of hydrogen-bond donors (Lipinski definition) is 1. The molecule has 76 valence electrons. The van der Waals surface area contributed by atoms with Crippen LogP contribution in [0, 0.1) is 11.6 Å². The van der Waals surface area contributed by atoms with Gasteiger partial charge in [-0.15, -0.1) is 0 Å². The lowest BCUT2D eigenvalue weighted by molar-refractivity contribution is 0.0861. The summed E-state index contributed by atoms with van der Waals surface area (Å²) in [7, 11) is 0. The van der Waals surface area contributed by atoms with E-state index in [-0.39, 0.29) is 12.2 Å². The van der Waals surface area contributed by atoms with Crippen molar-refractivity contribution in [2.75, 3.05) is 6.61 Å². The van der Waals surface area contributed by atoms with Crippen LogP contribution in [0.1, 0.15) is 12.5 Å². The van der Waals surface area contributed by atoms with E-state index in [1.54, 1.807) is 0 Å². The molecule has 0 bridgehead atoms. The third-order valence-electron chi connectivity index (χ3n) is 2.51. The van der Waals surface area contributed by atoms with Crippen LogP contribution < -0.4 is 0 Å². The molecule has 1 N–H and O–H groups in total. The van der Waals surface area contributed by atoms with Gasteiger partial charge >= 0.3 is 0 Å². The molecule has 0 saturated carbocycles. The summed E-state index contributed by atoms with van der Waals surface area (Å²) in [6.07, 6.45) is -0.848. The van der Waals surface area contributed by atoms with Crippen molar-refractivity contribution in [3.8, 4) is 0 Å². The molecule has 1 aromatic rings. The maximum atomic E-state index is 13.3. The van der Waals surface area contributed by atoms with Gasteiger partial charge in [-0.3, -0.25) is 0 Å². The van der Waals surface area contributed by atoms with E-state index >= 15 is 0 Å². The van der Waals surface area contributed by atoms with E-state index in [0.717, 1.165) is 18.2 Å². The zero-order chi connectivity index (χ0) is 10.3. The Morgan fingerprint density at radius 3 is 2.64 bits per heavy atom. The van der Waals surface area contributed by atoms with E-state index in [1.165, 1.54) is 6.92 Å². The van der Waals surface area contributed by atoms with Gasteiger partial charge in [-0.1, -0.05) is 0 Å². The van der Waals surface area contributed by atoms with Crippen molar-refractivity contribution in [3.05, 3.63) is 35.4 Å². The van der Waals surface area contributed by atoms with Crippen molar-refractivity contribution < 1.29 is 18.6 Å². The summed E-state index contributed by atoms with van der Waals surface area (Å²) >= 11 is 0. The minimum atomic E-state index is -1.04. The third kappa shape index (κ3) is 1.31.